The van der Waals surface area contributed by atoms with Crippen LogP contribution in [0.25, 0.3) is 0 Å². The molecule has 3 atom stereocenters. The van der Waals surface area contributed by atoms with Crippen molar-refractivity contribution in [2.75, 3.05) is 13.2 Å². The third-order valence-corrected chi connectivity index (χ3v) is 5.68. The average Bonchev–Trinajstić information content (AvgIpc) is 2.72. The van der Waals surface area contributed by atoms with E-state index in [-0.39, 0.29) is 0 Å². The van der Waals surface area contributed by atoms with Crippen molar-refractivity contribution in [3.8, 4) is 0 Å². The third kappa shape index (κ3) is 5.90. The van der Waals surface area contributed by atoms with Crippen LogP contribution < -0.4 is 5.32 Å². The van der Waals surface area contributed by atoms with Crippen molar-refractivity contribution in [2.45, 2.75) is 90.7 Å². The molecule has 0 aromatic heterocycles. The van der Waals surface area contributed by atoms with Gasteiger partial charge in [-0.05, 0) is 43.4 Å². The second kappa shape index (κ2) is 9.15. The minimum absolute atomic E-state index is 0.504. The quantitative estimate of drug-likeness (QED) is 0.562. The molecule has 2 saturated carbocycles. The fourth-order valence-corrected chi connectivity index (χ4v) is 4.26. The summed E-state index contributed by atoms with van der Waals surface area (Å²) in [4.78, 5) is 0. The Labute approximate surface area is 132 Å². The van der Waals surface area contributed by atoms with Crippen molar-refractivity contribution in [3.05, 3.63) is 0 Å². The Hall–Kier alpha value is -0.0800. The summed E-state index contributed by atoms with van der Waals surface area (Å²) in [5.41, 5.74) is 0. The first kappa shape index (κ1) is 17.3. The first-order chi connectivity index (χ1) is 10.2. The minimum atomic E-state index is 0.504. The van der Waals surface area contributed by atoms with Crippen molar-refractivity contribution >= 4 is 0 Å². The predicted molar refractivity (Wildman–Crippen MR) is 90.6 cm³/mol. The van der Waals surface area contributed by atoms with Gasteiger partial charge in [-0.15, -0.1) is 0 Å². The predicted octanol–water partition coefficient (Wildman–Crippen LogP) is 4.78. The standard InChI is InChI=1S/C19H37NO/c1-15(2)18-11-10-16(3)14-19(18)21-13-12-20-17-8-6-4-5-7-9-17/h15-20H,4-14H2,1-3H3. The summed E-state index contributed by atoms with van der Waals surface area (Å²) < 4.78 is 6.29. The van der Waals surface area contributed by atoms with Crippen LogP contribution >= 0.6 is 0 Å². The highest BCUT2D eigenvalue weighted by Gasteiger charge is 2.31. The Bertz CT molecular complexity index is 271. The minimum Gasteiger partial charge on any atom is -0.377 e. The molecule has 0 aliphatic heterocycles. The maximum absolute atomic E-state index is 6.29. The maximum Gasteiger partial charge on any atom is 0.0608 e. The third-order valence-electron chi connectivity index (χ3n) is 5.68. The van der Waals surface area contributed by atoms with E-state index in [2.05, 4.69) is 26.1 Å². The molecule has 0 aromatic rings. The molecule has 0 saturated heterocycles. The van der Waals surface area contributed by atoms with Crippen LogP contribution in [0.3, 0.4) is 0 Å². The summed E-state index contributed by atoms with van der Waals surface area (Å²) in [6, 6.07) is 0.752. The van der Waals surface area contributed by atoms with E-state index in [1.54, 1.807) is 0 Å². The lowest BCUT2D eigenvalue weighted by Crippen LogP contribution is -2.37. The van der Waals surface area contributed by atoms with Gasteiger partial charge in [-0.3, -0.25) is 0 Å². The van der Waals surface area contributed by atoms with Gasteiger partial charge >= 0.3 is 0 Å². The summed E-state index contributed by atoms with van der Waals surface area (Å²) >= 11 is 0. The molecular weight excluding hydrogens is 258 g/mol. The second-order valence-corrected chi connectivity index (χ2v) is 7.88. The van der Waals surface area contributed by atoms with E-state index in [4.69, 9.17) is 4.74 Å². The molecule has 2 aliphatic carbocycles. The molecule has 0 bridgehead atoms. The largest absolute Gasteiger partial charge is 0.377 e. The van der Waals surface area contributed by atoms with E-state index < -0.39 is 0 Å². The molecule has 2 rings (SSSR count). The van der Waals surface area contributed by atoms with E-state index in [1.807, 2.05) is 0 Å². The summed E-state index contributed by atoms with van der Waals surface area (Å²) in [7, 11) is 0. The SMILES string of the molecule is CC1CCC(C(C)C)C(OCCNC2CCCCCC2)C1. The number of rotatable bonds is 6. The molecule has 0 aromatic carbocycles. The molecule has 0 heterocycles. The Balaban J connectivity index is 1.66. The fourth-order valence-electron chi connectivity index (χ4n) is 4.26. The van der Waals surface area contributed by atoms with E-state index in [0.29, 0.717) is 6.10 Å². The number of ether oxygens (including phenoxy) is 1. The molecule has 0 amide bonds. The molecule has 0 radical (unpaired) electrons. The van der Waals surface area contributed by atoms with Gasteiger partial charge < -0.3 is 10.1 Å². The summed E-state index contributed by atoms with van der Waals surface area (Å²) in [6.07, 6.45) is 13.0. The molecule has 1 N–H and O–H groups in total. The Morgan fingerprint density at radius 2 is 1.71 bits per heavy atom. The number of hydrogen-bond acceptors (Lipinski definition) is 2. The molecule has 21 heavy (non-hydrogen) atoms. The zero-order chi connectivity index (χ0) is 15.1. The zero-order valence-corrected chi connectivity index (χ0v) is 14.6. The highest BCUT2D eigenvalue weighted by molar-refractivity contribution is 4.81. The highest BCUT2D eigenvalue weighted by atomic mass is 16.5. The van der Waals surface area contributed by atoms with Crippen LogP contribution in [0.1, 0.15) is 78.6 Å². The van der Waals surface area contributed by atoms with Gasteiger partial charge in [0.25, 0.3) is 0 Å². The smallest absolute Gasteiger partial charge is 0.0608 e. The van der Waals surface area contributed by atoms with Crippen LogP contribution in [0.2, 0.25) is 0 Å². The lowest BCUT2D eigenvalue weighted by Gasteiger charge is -2.37. The van der Waals surface area contributed by atoms with E-state index in [0.717, 1.165) is 36.9 Å². The summed E-state index contributed by atoms with van der Waals surface area (Å²) in [6.45, 7) is 9.05. The zero-order valence-electron chi connectivity index (χ0n) is 14.6. The van der Waals surface area contributed by atoms with Gasteiger partial charge in [0, 0.05) is 12.6 Å². The van der Waals surface area contributed by atoms with Crippen molar-refractivity contribution in [1.29, 1.82) is 0 Å². The Morgan fingerprint density at radius 1 is 1.00 bits per heavy atom. The molecule has 2 heteroatoms. The topological polar surface area (TPSA) is 21.3 Å². The summed E-state index contributed by atoms with van der Waals surface area (Å²) in [5.74, 6) is 2.39. The highest BCUT2D eigenvalue weighted by Crippen LogP contribution is 2.35. The maximum atomic E-state index is 6.29. The normalized spacial score (nSPS) is 32.3. The van der Waals surface area contributed by atoms with Crippen molar-refractivity contribution < 1.29 is 4.74 Å². The second-order valence-electron chi connectivity index (χ2n) is 7.88. The van der Waals surface area contributed by atoms with Crippen LogP contribution in [0.15, 0.2) is 0 Å². The molecule has 124 valence electrons. The molecule has 0 spiro atoms. The molecule has 3 unspecified atom stereocenters. The average molecular weight is 296 g/mol. The number of hydrogen-bond donors (Lipinski definition) is 1. The van der Waals surface area contributed by atoms with Crippen molar-refractivity contribution in [2.24, 2.45) is 17.8 Å². The van der Waals surface area contributed by atoms with Crippen LogP contribution in [0.4, 0.5) is 0 Å². The van der Waals surface area contributed by atoms with Crippen LogP contribution in [0, 0.1) is 17.8 Å². The molecule has 2 nitrogen and oxygen atoms in total. The number of nitrogens with one attached hydrogen (secondary N) is 1. The van der Waals surface area contributed by atoms with Gasteiger partial charge in [0.2, 0.25) is 0 Å². The molecule has 2 fully saturated rings. The Morgan fingerprint density at radius 3 is 2.38 bits per heavy atom. The van der Waals surface area contributed by atoms with E-state index in [1.165, 1.54) is 57.8 Å². The van der Waals surface area contributed by atoms with E-state index in [9.17, 15) is 0 Å². The summed E-state index contributed by atoms with van der Waals surface area (Å²) in [5, 5.41) is 3.73. The van der Waals surface area contributed by atoms with Crippen LogP contribution in [0.5, 0.6) is 0 Å². The van der Waals surface area contributed by atoms with Gasteiger partial charge in [-0.1, -0.05) is 52.9 Å². The van der Waals surface area contributed by atoms with Crippen molar-refractivity contribution in [3.63, 3.8) is 0 Å². The van der Waals surface area contributed by atoms with Gasteiger partial charge in [0.1, 0.15) is 0 Å². The first-order valence-electron chi connectivity index (χ1n) is 9.51. The molecule has 2 aliphatic rings. The van der Waals surface area contributed by atoms with Gasteiger partial charge in [-0.25, -0.2) is 0 Å². The monoisotopic (exact) mass is 295 g/mol. The Kier molecular flexibility index (Phi) is 7.53. The van der Waals surface area contributed by atoms with Crippen molar-refractivity contribution in [1.82, 2.24) is 5.32 Å². The lowest BCUT2D eigenvalue weighted by atomic mass is 9.75. The van der Waals surface area contributed by atoms with E-state index >= 15 is 0 Å². The molecular formula is C19H37NO. The first-order valence-corrected chi connectivity index (χ1v) is 9.51. The van der Waals surface area contributed by atoms with Gasteiger partial charge in [0.05, 0.1) is 12.7 Å². The van der Waals surface area contributed by atoms with Gasteiger partial charge in [0.15, 0.2) is 0 Å². The fraction of sp³-hybridized carbons (Fsp3) is 1.00. The lowest BCUT2D eigenvalue weighted by molar-refractivity contribution is -0.0372. The van der Waals surface area contributed by atoms with Crippen LogP contribution in [-0.2, 0) is 4.74 Å². The van der Waals surface area contributed by atoms with Crippen LogP contribution in [-0.4, -0.2) is 25.3 Å². The van der Waals surface area contributed by atoms with Gasteiger partial charge in [-0.2, -0.15) is 0 Å².